The molecule has 1 saturated heterocycles. The summed E-state index contributed by atoms with van der Waals surface area (Å²) >= 11 is 0. The van der Waals surface area contributed by atoms with E-state index in [9.17, 15) is 35.5 Å². The highest BCUT2D eigenvalue weighted by Gasteiger charge is 2.46. The first kappa shape index (κ1) is 28.4. The van der Waals surface area contributed by atoms with Gasteiger partial charge >= 0.3 is 12.4 Å². The van der Waals surface area contributed by atoms with E-state index in [-0.39, 0.29) is 30.0 Å². The van der Waals surface area contributed by atoms with Crippen LogP contribution in [0.5, 0.6) is 0 Å². The number of nitrogens with zero attached hydrogens (tertiary/aromatic N) is 1. The molecule has 1 aliphatic heterocycles. The minimum atomic E-state index is -4.96. The Morgan fingerprint density at radius 2 is 1.53 bits per heavy atom. The van der Waals surface area contributed by atoms with Crippen LogP contribution in [0.2, 0.25) is 0 Å². The number of benzene rings is 2. The number of carbonyl (C=O) groups is 1. The molecule has 3 N–H and O–H groups in total. The summed E-state index contributed by atoms with van der Waals surface area (Å²) in [7, 11) is 0. The predicted octanol–water partition coefficient (Wildman–Crippen LogP) is 5.86. The Hall–Kier alpha value is -2.66. The van der Waals surface area contributed by atoms with E-state index >= 15 is 0 Å². The molecule has 0 bridgehead atoms. The molecular formula is C27H30F7N3O. The number of hydrogen-bond donors (Lipinski definition) is 2. The van der Waals surface area contributed by atoms with Crippen LogP contribution in [0.15, 0.2) is 42.5 Å². The van der Waals surface area contributed by atoms with Crippen molar-refractivity contribution in [3.8, 4) is 0 Å². The average Bonchev–Trinajstić information content (AvgIpc) is 3.33. The van der Waals surface area contributed by atoms with Gasteiger partial charge in [-0.3, -0.25) is 4.79 Å². The van der Waals surface area contributed by atoms with Crippen molar-refractivity contribution in [2.75, 3.05) is 19.6 Å². The Morgan fingerprint density at radius 3 is 2.05 bits per heavy atom. The van der Waals surface area contributed by atoms with Gasteiger partial charge in [-0.25, -0.2) is 4.39 Å². The van der Waals surface area contributed by atoms with Crippen molar-refractivity contribution in [1.29, 1.82) is 0 Å². The summed E-state index contributed by atoms with van der Waals surface area (Å²) in [5, 5.41) is 2.54. The van der Waals surface area contributed by atoms with Crippen molar-refractivity contribution in [3.05, 3.63) is 70.5 Å². The van der Waals surface area contributed by atoms with E-state index in [1.165, 1.54) is 12.1 Å². The molecule has 0 radical (unpaired) electrons. The van der Waals surface area contributed by atoms with Crippen LogP contribution in [0, 0.1) is 11.2 Å². The number of hydrogen-bond acceptors (Lipinski definition) is 3. The molecule has 1 saturated carbocycles. The van der Waals surface area contributed by atoms with E-state index in [2.05, 4.69) is 10.2 Å². The molecule has 4 nitrogen and oxygen atoms in total. The van der Waals surface area contributed by atoms with Crippen molar-refractivity contribution in [2.24, 2.45) is 11.1 Å². The maximum absolute atomic E-state index is 13.2. The zero-order chi connectivity index (χ0) is 27.7. The van der Waals surface area contributed by atoms with Gasteiger partial charge in [0.25, 0.3) is 0 Å². The monoisotopic (exact) mass is 545 g/mol. The van der Waals surface area contributed by atoms with Crippen LogP contribution < -0.4 is 11.1 Å². The predicted molar refractivity (Wildman–Crippen MR) is 127 cm³/mol. The maximum atomic E-state index is 13.2. The van der Waals surface area contributed by atoms with Gasteiger partial charge in [0, 0.05) is 19.1 Å². The second kappa shape index (κ2) is 10.8. The largest absolute Gasteiger partial charge is 0.416 e. The van der Waals surface area contributed by atoms with Crippen LogP contribution in [-0.2, 0) is 23.7 Å². The van der Waals surface area contributed by atoms with Crippen LogP contribution >= 0.6 is 0 Å². The molecule has 1 heterocycles. The summed E-state index contributed by atoms with van der Waals surface area (Å²) in [5.74, 6) is -0.415. The average molecular weight is 546 g/mol. The van der Waals surface area contributed by atoms with Crippen molar-refractivity contribution < 1.29 is 35.5 Å². The third kappa shape index (κ3) is 6.31. The topological polar surface area (TPSA) is 58.4 Å². The lowest BCUT2D eigenvalue weighted by molar-refractivity contribution is -0.143. The third-order valence-electron chi connectivity index (χ3n) is 7.94. The Balaban J connectivity index is 1.38. The second-order valence-corrected chi connectivity index (χ2v) is 10.3. The van der Waals surface area contributed by atoms with E-state index in [1.54, 1.807) is 12.1 Å². The first-order valence-corrected chi connectivity index (χ1v) is 12.6. The maximum Gasteiger partial charge on any atom is 0.416 e. The molecule has 2 aliphatic rings. The fourth-order valence-electron chi connectivity index (χ4n) is 5.72. The van der Waals surface area contributed by atoms with Gasteiger partial charge in [0.15, 0.2) is 0 Å². The van der Waals surface area contributed by atoms with Gasteiger partial charge in [-0.1, -0.05) is 12.1 Å². The lowest BCUT2D eigenvalue weighted by Gasteiger charge is -2.37. The number of nitrogens with two attached hydrogens (primary N) is 1. The lowest BCUT2D eigenvalue weighted by Crippen LogP contribution is -2.46. The van der Waals surface area contributed by atoms with Crippen LogP contribution in [0.25, 0.3) is 0 Å². The number of nitrogens with one attached hydrogen (secondary N) is 1. The zero-order valence-corrected chi connectivity index (χ0v) is 20.6. The van der Waals surface area contributed by atoms with E-state index in [4.69, 9.17) is 5.73 Å². The lowest BCUT2D eigenvalue weighted by atomic mass is 9.84. The number of halogens is 7. The number of likely N-dealkylation sites (tertiary alicyclic amines) is 1. The van der Waals surface area contributed by atoms with Crippen molar-refractivity contribution in [1.82, 2.24) is 10.2 Å². The molecule has 208 valence electrons. The van der Waals surface area contributed by atoms with E-state index in [1.807, 2.05) is 0 Å². The van der Waals surface area contributed by atoms with Gasteiger partial charge in [-0.05, 0) is 92.6 Å². The van der Waals surface area contributed by atoms with Crippen LogP contribution in [0.1, 0.15) is 60.3 Å². The van der Waals surface area contributed by atoms with Gasteiger partial charge < -0.3 is 16.0 Å². The summed E-state index contributed by atoms with van der Waals surface area (Å²) in [6.45, 7) is 1.16. The first-order chi connectivity index (χ1) is 17.8. The standard InChI is InChI=1S/C27H30F7N3O/c28-22-3-1-18(2-4-22)19-6-9-37(10-7-19)23-5-8-25(14-23,16-35)24(38)36-15-17-11-20(26(29,30)31)13-21(12-17)27(32,33)34/h1-4,11-13,19,23H,5-10,14-16,35H2,(H,36,38). The van der Waals surface area contributed by atoms with Gasteiger partial charge in [0.05, 0.1) is 16.5 Å². The van der Waals surface area contributed by atoms with Crippen molar-refractivity contribution in [2.45, 2.75) is 63.0 Å². The number of rotatable bonds is 6. The van der Waals surface area contributed by atoms with Crippen LogP contribution in [0.4, 0.5) is 30.7 Å². The number of amides is 1. The van der Waals surface area contributed by atoms with E-state index in [0.29, 0.717) is 37.3 Å². The Morgan fingerprint density at radius 1 is 0.947 bits per heavy atom. The van der Waals surface area contributed by atoms with Crippen LogP contribution in [0.3, 0.4) is 0 Å². The van der Waals surface area contributed by atoms with Gasteiger partial charge in [0.2, 0.25) is 5.91 Å². The molecule has 0 aromatic heterocycles. The molecule has 2 fully saturated rings. The third-order valence-corrected chi connectivity index (χ3v) is 7.94. The number of piperidine rings is 1. The Bertz CT molecular complexity index is 1090. The molecular weight excluding hydrogens is 515 g/mol. The molecule has 2 aromatic rings. The normalized spacial score (nSPS) is 23.5. The summed E-state index contributed by atoms with van der Waals surface area (Å²) in [5.41, 5.74) is 3.02. The highest BCUT2D eigenvalue weighted by Crippen LogP contribution is 2.42. The van der Waals surface area contributed by atoms with Gasteiger partial charge in [0.1, 0.15) is 5.82 Å². The van der Waals surface area contributed by atoms with Gasteiger partial charge in [-0.15, -0.1) is 0 Å². The molecule has 1 amide bonds. The zero-order valence-electron chi connectivity index (χ0n) is 20.6. The summed E-state index contributed by atoms with van der Waals surface area (Å²) in [4.78, 5) is 15.5. The summed E-state index contributed by atoms with van der Waals surface area (Å²) in [6, 6.07) is 7.92. The highest BCUT2D eigenvalue weighted by atomic mass is 19.4. The Labute approximate surface area is 216 Å². The summed E-state index contributed by atoms with van der Waals surface area (Å²) < 4.78 is 92.2. The van der Waals surface area contributed by atoms with Gasteiger partial charge in [-0.2, -0.15) is 26.3 Å². The van der Waals surface area contributed by atoms with E-state index in [0.717, 1.165) is 31.5 Å². The molecule has 2 aromatic carbocycles. The van der Waals surface area contributed by atoms with Crippen LogP contribution in [-0.4, -0.2) is 36.5 Å². The molecule has 1 aliphatic carbocycles. The molecule has 0 spiro atoms. The Kier molecular flexibility index (Phi) is 8.09. The number of carbonyl (C=O) groups excluding carboxylic acids is 1. The highest BCUT2D eigenvalue weighted by molar-refractivity contribution is 5.83. The fraction of sp³-hybridized carbons (Fsp3) is 0.519. The minimum absolute atomic E-state index is 0.0256. The SMILES string of the molecule is NCC1(C(=O)NCc2cc(C(F)(F)F)cc(C(F)(F)F)c2)CCC(N2CCC(c3ccc(F)cc3)CC2)C1. The molecule has 38 heavy (non-hydrogen) atoms. The second-order valence-electron chi connectivity index (χ2n) is 10.3. The van der Waals surface area contributed by atoms with Crippen molar-refractivity contribution in [3.63, 3.8) is 0 Å². The molecule has 11 heteroatoms. The first-order valence-electron chi connectivity index (χ1n) is 12.6. The van der Waals surface area contributed by atoms with E-state index < -0.39 is 41.3 Å². The fourth-order valence-corrected chi connectivity index (χ4v) is 5.72. The molecule has 2 unspecified atom stereocenters. The molecule has 2 atom stereocenters. The number of alkyl halides is 6. The van der Waals surface area contributed by atoms with Crippen molar-refractivity contribution >= 4 is 5.91 Å². The quantitative estimate of drug-likeness (QED) is 0.448. The smallest absolute Gasteiger partial charge is 0.352 e. The summed E-state index contributed by atoms with van der Waals surface area (Å²) in [6.07, 6.45) is -6.47. The molecule has 4 rings (SSSR count). The minimum Gasteiger partial charge on any atom is -0.352 e.